The van der Waals surface area contributed by atoms with Crippen LogP contribution in [0, 0.1) is 0 Å². The van der Waals surface area contributed by atoms with Crippen molar-refractivity contribution >= 4 is 12.3 Å². The van der Waals surface area contributed by atoms with Crippen LogP contribution in [0.1, 0.15) is 5.56 Å². The summed E-state index contributed by atoms with van der Waals surface area (Å²) in [4.78, 5) is 21.0. The van der Waals surface area contributed by atoms with Gasteiger partial charge in [0.05, 0.1) is 6.54 Å². The molecule has 15 heavy (non-hydrogen) atoms. The summed E-state index contributed by atoms with van der Waals surface area (Å²) in [5, 5.41) is 14.2. The van der Waals surface area contributed by atoms with Crippen molar-refractivity contribution in [1.82, 2.24) is 10.6 Å². The van der Waals surface area contributed by atoms with Crippen LogP contribution in [-0.2, 0) is 11.3 Å². The van der Waals surface area contributed by atoms with Crippen LogP contribution in [0.3, 0.4) is 0 Å². The lowest BCUT2D eigenvalue weighted by molar-refractivity contribution is -0.107. The van der Waals surface area contributed by atoms with E-state index in [0.29, 0.717) is 11.8 Å². The van der Waals surface area contributed by atoms with E-state index in [2.05, 4.69) is 10.6 Å². The molecule has 0 aliphatic rings. The SMILES string of the molecule is O=CCNC(=O)NCc1ccccc1O. The summed E-state index contributed by atoms with van der Waals surface area (Å²) in [5.74, 6) is 0.133. The minimum absolute atomic E-state index is 0.0212. The number of aldehydes is 1. The third kappa shape index (κ3) is 3.68. The number of carbonyl (C=O) groups is 2. The predicted molar refractivity (Wildman–Crippen MR) is 54.4 cm³/mol. The van der Waals surface area contributed by atoms with Gasteiger partial charge < -0.3 is 20.5 Å². The number of phenolic OH excluding ortho intramolecular Hbond substituents is 1. The lowest BCUT2D eigenvalue weighted by Gasteiger charge is -2.06. The van der Waals surface area contributed by atoms with Crippen LogP contribution in [-0.4, -0.2) is 24.0 Å². The zero-order chi connectivity index (χ0) is 11.1. The molecule has 0 radical (unpaired) electrons. The van der Waals surface area contributed by atoms with Crippen LogP contribution in [0.15, 0.2) is 24.3 Å². The first-order valence-corrected chi connectivity index (χ1v) is 4.46. The molecule has 0 fully saturated rings. The largest absolute Gasteiger partial charge is 0.508 e. The van der Waals surface area contributed by atoms with Gasteiger partial charge in [-0.15, -0.1) is 0 Å². The third-order valence-electron chi connectivity index (χ3n) is 1.78. The first kappa shape index (κ1) is 11.0. The van der Waals surface area contributed by atoms with Gasteiger partial charge in [0, 0.05) is 12.1 Å². The molecule has 5 nitrogen and oxygen atoms in total. The maximum Gasteiger partial charge on any atom is 0.315 e. The van der Waals surface area contributed by atoms with Gasteiger partial charge in [0.15, 0.2) is 0 Å². The van der Waals surface area contributed by atoms with Gasteiger partial charge in [-0.05, 0) is 6.07 Å². The number of carbonyl (C=O) groups excluding carboxylic acids is 2. The van der Waals surface area contributed by atoms with Crippen LogP contribution >= 0.6 is 0 Å². The topological polar surface area (TPSA) is 78.4 Å². The number of hydrogen-bond acceptors (Lipinski definition) is 3. The van der Waals surface area contributed by atoms with Crippen molar-refractivity contribution in [3.63, 3.8) is 0 Å². The lowest BCUT2D eigenvalue weighted by Crippen LogP contribution is -2.35. The molecule has 0 aliphatic carbocycles. The highest BCUT2D eigenvalue weighted by atomic mass is 16.3. The van der Waals surface area contributed by atoms with Crippen molar-refractivity contribution in [1.29, 1.82) is 0 Å². The number of hydrogen-bond donors (Lipinski definition) is 3. The Morgan fingerprint density at radius 1 is 1.33 bits per heavy atom. The van der Waals surface area contributed by atoms with Crippen molar-refractivity contribution < 1.29 is 14.7 Å². The summed E-state index contributed by atoms with van der Waals surface area (Å²) >= 11 is 0. The van der Waals surface area contributed by atoms with E-state index in [-0.39, 0.29) is 18.8 Å². The number of aromatic hydroxyl groups is 1. The minimum atomic E-state index is -0.439. The molecule has 0 saturated carbocycles. The first-order chi connectivity index (χ1) is 7.24. The van der Waals surface area contributed by atoms with Crippen LogP contribution in [0.5, 0.6) is 5.75 Å². The van der Waals surface area contributed by atoms with Crippen LogP contribution in [0.2, 0.25) is 0 Å². The van der Waals surface area contributed by atoms with E-state index in [4.69, 9.17) is 0 Å². The zero-order valence-corrected chi connectivity index (χ0v) is 8.06. The van der Waals surface area contributed by atoms with Crippen LogP contribution in [0.25, 0.3) is 0 Å². The molecule has 0 heterocycles. The van der Waals surface area contributed by atoms with Gasteiger partial charge in [-0.2, -0.15) is 0 Å². The van der Waals surface area contributed by atoms with Crippen molar-refractivity contribution in [3.05, 3.63) is 29.8 Å². The molecule has 1 aromatic rings. The molecule has 0 bridgehead atoms. The average Bonchev–Trinajstić information content (AvgIpc) is 2.25. The molecular formula is C10H12N2O3. The molecule has 0 unspecified atom stereocenters. The van der Waals surface area contributed by atoms with Crippen molar-refractivity contribution in [2.75, 3.05) is 6.54 Å². The maximum absolute atomic E-state index is 11.0. The molecule has 1 aromatic carbocycles. The Morgan fingerprint density at radius 3 is 2.73 bits per heavy atom. The van der Waals surface area contributed by atoms with E-state index < -0.39 is 6.03 Å². The quantitative estimate of drug-likeness (QED) is 0.626. The fourth-order valence-corrected chi connectivity index (χ4v) is 1.03. The van der Waals surface area contributed by atoms with Gasteiger partial charge in [0.25, 0.3) is 0 Å². The van der Waals surface area contributed by atoms with Crippen molar-refractivity contribution in [2.45, 2.75) is 6.54 Å². The molecular weight excluding hydrogens is 196 g/mol. The third-order valence-corrected chi connectivity index (χ3v) is 1.78. The Balaban J connectivity index is 2.40. The number of phenols is 1. The summed E-state index contributed by atoms with van der Waals surface area (Å²) in [5.41, 5.74) is 0.624. The molecule has 0 spiro atoms. The Labute approximate surface area is 87.1 Å². The van der Waals surface area contributed by atoms with E-state index in [9.17, 15) is 14.7 Å². The van der Waals surface area contributed by atoms with Gasteiger partial charge in [-0.1, -0.05) is 18.2 Å². The number of nitrogens with one attached hydrogen (secondary N) is 2. The Kier molecular flexibility index (Phi) is 4.15. The van der Waals surface area contributed by atoms with E-state index in [1.54, 1.807) is 24.3 Å². The van der Waals surface area contributed by atoms with Crippen molar-refractivity contribution in [2.24, 2.45) is 0 Å². The monoisotopic (exact) mass is 208 g/mol. The smallest absolute Gasteiger partial charge is 0.315 e. The number of rotatable bonds is 4. The molecule has 0 atom stereocenters. The van der Waals surface area contributed by atoms with Gasteiger partial charge in [-0.25, -0.2) is 4.79 Å². The standard InChI is InChI=1S/C10H12N2O3/c13-6-5-11-10(15)12-7-8-3-1-2-4-9(8)14/h1-4,6,14H,5,7H2,(H2,11,12,15). The fourth-order valence-electron chi connectivity index (χ4n) is 1.03. The van der Waals surface area contributed by atoms with Gasteiger partial charge in [0.1, 0.15) is 12.0 Å². The number of para-hydroxylation sites is 1. The summed E-state index contributed by atoms with van der Waals surface area (Å²) < 4.78 is 0. The summed E-state index contributed by atoms with van der Waals surface area (Å²) in [7, 11) is 0. The molecule has 1 rings (SSSR count). The molecule has 0 aromatic heterocycles. The normalized spacial score (nSPS) is 9.33. The Morgan fingerprint density at radius 2 is 2.07 bits per heavy atom. The highest BCUT2D eigenvalue weighted by molar-refractivity contribution is 5.76. The second kappa shape index (κ2) is 5.64. The molecule has 80 valence electrons. The number of amides is 2. The van der Waals surface area contributed by atoms with E-state index in [1.165, 1.54) is 0 Å². The fraction of sp³-hybridized carbons (Fsp3) is 0.200. The van der Waals surface area contributed by atoms with E-state index >= 15 is 0 Å². The lowest BCUT2D eigenvalue weighted by atomic mass is 10.2. The van der Waals surface area contributed by atoms with E-state index in [1.807, 2.05) is 0 Å². The second-order valence-corrected chi connectivity index (χ2v) is 2.86. The summed E-state index contributed by atoms with van der Waals surface area (Å²) in [6.07, 6.45) is 0.597. The van der Waals surface area contributed by atoms with Gasteiger partial charge >= 0.3 is 6.03 Å². The zero-order valence-electron chi connectivity index (χ0n) is 8.06. The van der Waals surface area contributed by atoms with Gasteiger partial charge in [-0.3, -0.25) is 0 Å². The van der Waals surface area contributed by atoms with E-state index in [0.717, 1.165) is 0 Å². The molecule has 3 N–H and O–H groups in total. The van der Waals surface area contributed by atoms with Gasteiger partial charge in [0.2, 0.25) is 0 Å². The summed E-state index contributed by atoms with van der Waals surface area (Å²) in [6, 6.07) is 6.27. The van der Waals surface area contributed by atoms with Crippen LogP contribution in [0.4, 0.5) is 4.79 Å². The first-order valence-electron chi connectivity index (χ1n) is 4.46. The average molecular weight is 208 g/mol. The molecule has 5 heteroatoms. The number of benzene rings is 1. The maximum atomic E-state index is 11.0. The molecule has 0 saturated heterocycles. The van der Waals surface area contributed by atoms with Crippen molar-refractivity contribution in [3.8, 4) is 5.75 Å². The minimum Gasteiger partial charge on any atom is -0.508 e. The predicted octanol–water partition coefficient (Wildman–Crippen LogP) is 0.390. The second-order valence-electron chi connectivity index (χ2n) is 2.86. The number of urea groups is 1. The Hall–Kier alpha value is -2.04. The summed E-state index contributed by atoms with van der Waals surface area (Å²) in [6.45, 7) is 0.198. The molecule has 2 amide bonds. The van der Waals surface area contributed by atoms with Crippen LogP contribution < -0.4 is 10.6 Å². The Bertz CT molecular complexity index is 352. The highest BCUT2D eigenvalue weighted by Crippen LogP contribution is 2.14. The molecule has 0 aliphatic heterocycles. The highest BCUT2D eigenvalue weighted by Gasteiger charge is 2.02.